The fourth-order valence-corrected chi connectivity index (χ4v) is 1.99. The molecule has 0 aliphatic carbocycles. The number of anilines is 1. The summed E-state index contributed by atoms with van der Waals surface area (Å²) in [7, 11) is 0. The molecule has 0 N–H and O–H groups in total. The number of rotatable bonds is 1. The minimum atomic E-state index is 0.564. The Morgan fingerprint density at radius 3 is 2.93 bits per heavy atom. The van der Waals surface area contributed by atoms with Crippen molar-refractivity contribution in [3.8, 4) is 0 Å². The highest BCUT2D eigenvalue weighted by Crippen LogP contribution is 2.26. The van der Waals surface area contributed by atoms with E-state index >= 15 is 0 Å². The average molecular weight is 212 g/mol. The summed E-state index contributed by atoms with van der Waals surface area (Å²) in [5.41, 5.74) is 0.989. The van der Waals surface area contributed by atoms with Gasteiger partial charge in [-0.3, -0.25) is 0 Å². The van der Waals surface area contributed by atoms with E-state index in [-0.39, 0.29) is 0 Å². The molecule has 1 saturated heterocycles. The highest BCUT2D eigenvalue weighted by Gasteiger charge is 2.21. The molecule has 0 aromatic carbocycles. The van der Waals surface area contributed by atoms with Crippen molar-refractivity contribution in [1.29, 1.82) is 0 Å². The van der Waals surface area contributed by atoms with Crippen LogP contribution in [0.25, 0.3) is 0 Å². The van der Waals surface area contributed by atoms with Gasteiger partial charge in [0, 0.05) is 18.7 Å². The highest BCUT2D eigenvalue weighted by molar-refractivity contribution is 6.30. The van der Waals surface area contributed by atoms with E-state index in [1.54, 1.807) is 0 Å². The Labute approximate surface area is 89.1 Å². The maximum Gasteiger partial charge on any atom is 0.137 e. The van der Waals surface area contributed by atoms with Crippen molar-refractivity contribution in [3.05, 3.63) is 17.0 Å². The van der Waals surface area contributed by atoms with Crippen molar-refractivity contribution in [2.24, 2.45) is 5.92 Å². The van der Waals surface area contributed by atoms with Crippen molar-refractivity contribution in [1.82, 2.24) is 9.97 Å². The third-order valence-corrected chi connectivity index (χ3v) is 3.10. The zero-order chi connectivity index (χ0) is 10.1. The molecule has 1 atom stereocenters. The maximum absolute atomic E-state index is 5.95. The summed E-state index contributed by atoms with van der Waals surface area (Å²) in [5.74, 6) is 1.75. The van der Waals surface area contributed by atoms with Crippen molar-refractivity contribution in [3.63, 3.8) is 0 Å². The molecule has 4 heteroatoms. The monoisotopic (exact) mass is 211 g/mol. The van der Waals surface area contributed by atoms with Gasteiger partial charge in [-0.1, -0.05) is 18.5 Å². The predicted octanol–water partition coefficient (Wildman–Crippen LogP) is 2.28. The van der Waals surface area contributed by atoms with E-state index in [1.165, 1.54) is 12.7 Å². The molecule has 3 nitrogen and oxygen atoms in total. The Morgan fingerprint density at radius 2 is 2.29 bits per heavy atom. The molecule has 2 heterocycles. The fourth-order valence-electron chi connectivity index (χ4n) is 1.87. The first kappa shape index (κ1) is 9.71. The lowest BCUT2D eigenvalue weighted by atomic mass is 10.2. The zero-order valence-electron chi connectivity index (χ0n) is 8.50. The molecule has 1 aromatic heterocycles. The van der Waals surface area contributed by atoms with Gasteiger partial charge in [0.05, 0.1) is 0 Å². The molecule has 1 unspecified atom stereocenters. The molecule has 14 heavy (non-hydrogen) atoms. The van der Waals surface area contributed by atoms with Crippen LogP contribution in [0.4, 0.5) is 5.82 Å². The molecule has 0 bridgehead atoms. The summed E-state index contributed by atoms with van der Waals surface area (Å²) < 4.78 is 0. The summed E-state index contributed by atoms with van der Waals surface area (Å²) in [6, 6.07) is 0. The third kappa shape index (κ3) is 1.69. The van der Waals surface area contributed by atoms with Gasteiger partial charge in [-0.05, 0) is 19.3 Å². The summed E-state index contributed by atoms with van der Waals surface area (Å²) in [6.07, 6.45) is 2.77. The second-order valence-corrected chi connectivity index (χ2v) is 4.31. The second-order valence-electron chi connectivity index (χ2n) is 3.95. The molecule has 2 rings (SSSR count). The van der Waals surface area contributed by atoms with E-state index in [1.807, 2.05) is 6.92 Å². The lowest BCUT2D eigenvalue weighted by Crippen LogP contribution is -2.21. The van der Waals surface area contributed by atoms with Gasteiger partial charge in [0.2, 0.25) is 0 Å². The maximum atomic E-state index is 5.95. The predicted molar refractivity (Wildman–Crippen MR) is 57.8 cm³/mol. The number of nitrogens with zero attached hydrogens (tertiary/aromatic N) is 3. The molecule has 1 aromatic rings. The van der Waals surface area contributed by atoms with Crippen LogP contribution in [0.2, 0.25) is 5.15 Å². The quantitative estimate of drug-likeness (QED) is 0.668. The molecule has 1 fully saturated rings. The van der Waals surface area contributed by atoms with Crippen LogP contribution in [-0.2, 0) is 0 Å². The van der Waals surface area contributed by atoms with Crippen LogP contribution in [0.5, 0.6) is 0 Å². The molecule has 76 valence electrons. The largest absolute Gasteiger partial charge is 0.356 e. The van der Waals surface area contributed by atoms with Gasteiger partial charge in [0.1, 0.15) is 17.3 Å². The first-order valence-corrected chi connectivity index (χ1v) is 5.28. The second kappa shape index (κ2) is 3.73. The topological polar surface area (TPSA) is 29.0 Å². The number of aromatic nitrogens is 2. The van der Waals surface area contributed by atoms with Gasteiger partial charge >= 0.3 is 0 Å². The average Bonchev–Trinajstić information content (AvgIpc) is 2.57. The van der Waals surface area contributed by atoms with Gasteiger partial charge in [-0.2, -0.15) is 0 Å². The molecular formula is C10H14ClN3. The number of hydrogen-bond acceptors (Lipinski definition) is 3. The van der Waals surface area contributed by atoms with Crippen LogP contribution >= 0.6 is 11.6 Å². The van der Waals surface area contributed by atoms with Crippen molar-refractivity contribution in [2.45, 2.75) is 20.3 Å². The molecule has 1 aliphatic heterocycles. The van der Waals surface area contributed by atoms with Crippen molar-refractivity contribution in [2.75, 3.05) is 18.0 Å². The van der Waals surface area contributed by atoms with Crippen LogP contribution in [0.15, 0.2) is 6.33 Å². The minimum absolute atomic E-state index is 0.564. The van der Waals surface area contributed by atoms with Gasteiger partial charge < -0.3 is 4.90 Å². The van der Waals surface area contributed by atoms with Gasteiger partial charge in [-0.25, -0.2) is 9.97 Å². The number of hydrogen-bond donors (Lipinski definition) is 0. The summed E-state index contributed by atoms with van der Waals surface area (Å²) >= 11 is 5.95. The highest BCUT2D eigenvalue weighted by atomic mass is 35.5. The summed E-state index contributed by atoms with van der Waals surface area (Å²) in [4.78, 5) is 10.5. The van der Waals surface area contributed by atoms with Gasteiger partial charge in [0.25, 0.3) is 0 Å². The Kier molecular flexibility index (Phi) is 2.59. The Balaban J connectivity index is 2.28. The molecule has 0 spiro atoms. The number of halogens is 1. The molecule has 0 saturated carbocycles. The Bertz CT molecular complexity index is 340. The molecule has 0 amide bonds. The lowest BCUT2D eigenvalue weighted by molar-refractivity contribution is 0.658. The van der Waals surface area contributed by atoms with Crippen LogP contribution in [-0.4, -0.2) is 23.1 Å². The minimum Gasteiger partial charge on any atom is -0.356 e. The van der Waals surface area contributed by atoms with E-state index in [0.29, 0.717) is 5.15 Å². The summed E-state index contributed by atoms with van der Waals surface area (Å²) in [5, 5.41) is 0.564. The Hall–Kier alpha value is -0.830. The normalized spacial score (nSPS) is 21.6. The van der Waals surface area contributed by atoms with Crippen LogP contribution in [0.1, 0.15) is 18.9 Å². The standard InChI is InChI=1S/C10H14ClN3/c1-7-3-4-14(5-7)10-8(2)9(11)12-6-13-10/h6-7H,3-5H2,1-2H3. The SMILES string of the molecule is Cc1c(Cl)ncnc1N1CCC(C)C1. The van der Waals surface area contributed by atoms with E-state index in [0.717, 1.165) is 30.4 Å². The van der Waals surface area contributed by atoms with Crippen LogP contribution in [0, 0.1) is 12.8 Å². The van der Waals surface area contributed by atoms with E-state index < -0.39 is 0 Å². The Morgan fingerprint density at radius 1 is 1.50 bits per heavy atom. The van der Waals surface area contributed by atoms with E-state index in [9.17, 15) is 0 Å². The van der Waals surface area contributed by atoms with Crippen LogP contribution in [0.3, 0.4) is 0 Å². The van der Waals surface area contributed by atoms with Crippen LogP contribution < -0.4 is 4.90 Å². The smallest absolute Gasteiger partial charge is 0.137 e. The molecular weight excluding hydrogens is 198 g/mol. The first-order valence-electron chi connectivity index (χ1n) is 4.90. The summed E-state index contributed by atoms with van der Waals surface area (Å²) in [6.45, 7) is 6.39. The van der Waals surface area contributed by atoms with E-state index in [2.05, 4.69) is 21.8 Å². The van der Waals surface area contributed by atoms with Gasteiger partial charge in [0.15, 0.2) is 0 Å². The van der Waals surface area contributed by atoms with E-state index in [4.69, 9.17) is 11.6 Å². The van der Waals surface area contributed by atoms with Crippen molar-refractivity contribution >= 4 is 17.4 Å². The van der Waals surface area contributed by atoms with Gasteiger partial charge in [-0.15, -0.1) is 0 Å². The zero-order valence-corrected chi connectivity index (χ0v) is 9.25. The van der Waals surface area contributed by atoms with Crippen molar-refractivity contribution < 1.29 is 0 Å². The fraction of sp³-hybridized carbons (Fsp3) is 0.600. The lowest BCUT2D eigenvalue weighted by Gasteiger charge is -2.18. The molecule has 1 aliphatic rings. The first-order chi connectivity index (χ1) is 6.68. The third-order valence-electron chi connectivity index (χ3n) is 2.72. The molecule has 0 radical (unpaired) electrons.